The molecule has 1 N–H and O–H groups in total. The molecule has 1 saturated carbocycles. The molecule has 5 heteroatoms. The number of hydrogen-bond acceptors (Lipinski definition) is 4. The topological polar surface area (TPSA) is 64.6 Å². The van der Waals surface area contributed by atoms with Crippen molar-refractivity contribution in [3.05, 3.63) is 12.2 Å². The molecule has 0 aromatic rings. The molecule has 0 aromatic heterocycles. The van der Waals surface area contributed by atoms with Gasteiger partial charge < -0.3 is 14.8 Å². The average Bonchev–Trinajstić information content (AvgIpc) is 2.85. The van der Waals surface area contributed by atoms with E-state index in [4.69, 9.17) is 9.47 Å². The normalized spacial score (nSPS) is 32.2. The number of hydrogen-bond donors (Lipinski definition) is 1. The molecule has 0 spiro atoms. The van der Waals surface area contributed by atoms with Gasteiger partial charge >= 0.3 is 12.1 Å². The first-order valence-electron chi connectivity index (χ1n) is 6.57. The third-order valence-electron chi connectivity index (χ3n) is 3.62. The van der Waals surface area contributed by atoms with Crippen LogP contribution in [0.5, 0.6) is 0 Å². The molecule has 4 atom stereocenters. The molecule has 1 fully saturated rings. The van der Waals surface area contributed by atoms with Gasteiger partial charge in [-0.05, 0) is 39.0 Å². The van der Waals surface area contributed by atoms with Crippen LogP contribution in [-0.2, 0) is 14.3 Å². The van der Waals surface area contributed by atoms with Gasteiger partial charge in [-0.1, -0.05) is 12.2 Å². The summed E-state index contributed by atoms with van der Waals surface area (Å²) in [4.78, 5) is 23.7. The number of alkyl carbamates (subject to hydrolysis) is 1. The lowest BCUT2D eigenvalue weighted by atomic mass is 9.89. The van der Waals surface area contributed by atoms with E-state index >= 15 is 0 Å². The Hall–Kier alpha value is -1.52. The summed E-state index contributed by atoms with van der Waals surface area (Å²) in [5.74, 6) is -0.204. The minimum atomic E-state index is -0.543. The largest absolute Gasteiger partial charge is 0.469 e. The molecule has 19 heavy (non-hydrogen) atoms. The predicted molar refractivity (Wildman–Crippen MR) is 69.4 cm³/mol. The molecule has 4 unspecified atom stereocenters. The first-order chi connectivity index (χ1) is 8.81. The van der Waals surface area contributed by atoms with E-state index < -0.39 is 11.7 Å². The summed E-state index contributed by atoms with van der Waals surface area (Å²) in [6, 6.07) is -0.225. The Bertz CT molecular complexity index is 410. The van der Waals surface area contributed by atoms with E-state index in [1.165, 1.54) is 7.11 Å². The van der Waals surface area contributed by atoms with Gasteiger partial charge in [0.25, 0.3) is 0 Å². The molecule has 0 heterocycles. The highest BCUT2D eigenvalue weighted by molar-refractivity contribution is 5.77. The van der Waals surface area contributed by atoms with Crippen molar-refractivity contribution < 1.29 is 19.1 Å². The van der Waals surface area contributed by atoms with Crippen molar-refractivity contribution in [3.8, 4) is 0 Å². The van der Waals surface area contributed by atoms with E-state index in [2.05, 4.69) is 11.4 Å². The third-order valence-corrected chi connectivity index (χ3v) is 3.62. The van der Waals surface area contributed by atoms with Gasteiger partial charge in [-0.15, -0.1) is 0 Å². The molecule has 2 bridgehead atoms. The smallest absolute Gasteiger partial charge is 0.407 e. The first kappa shape index (κ1) is 13.9. The van der Waals surface area contributed by atoms with Gasteiger partial charge in [-0.3, -0.25) is 4.79 Å². The van der Waals surface area contributed by atoms with Crippen LogP contribution in [0.1, 0.15) is 27.2 Å². The minimum Gasteiger partial charge on any atom is -0.469 e. The van der Waals surface area contributed by atoms with Crippen LogP contribution in [-0.4, -0.2) is 30.8 Å². The zero-order chi connectivity index (χ0) is 14.2. The first-order valence-corrected chi connectivity index (χ1v) is 6.57. The summed E-state index contributed by atoms with van der Waals surface area (Å²) in [6.07, 6.45) is 4.51. The number of esters is 1. The van der Waals surface area contributed by atoms with Gasteiger partial charge in [0, 0.05) is 0 Å². The van der Waals surface area contributed by atoms with E-state index in [9.17, 15) is 9.59 Å². The van der Waals surface area contributed by atoms with Crippen molar-refractivity contribution in [3.63, 3.8) is 0 Å². The zero-order valence-electron chi connectivity index (χ0n) is 11.8. The Labute approximate surface area is 113 Å². The molecular formula is C14H21NO4. The lowest BCUT2D eigenvalue weighted by molar-refractivity contribution is -0.147. The Balaban J connectivity index is 2.04. The van der Waals surface area contributed by atoms with Crippen LogP contribution < -0.4 is 5.32 Å². The highest BCUT2D eigenvalue weighted by Gasteiger charge is 2.49. The van der Waals surface area contributed by atoms with E-state index in [0.29, 0.717) is 0 Å². The monoisotopic (exact) mass is 267 g/mol. The molecule has 5 nitrogen and oxygen atoms in total. The molecule has 2 aliphatic rings. The molecular weight excluding hydrogens is 246 g/mol. The fourth-order valence-corrected chi connectivity index (χ4v) is 2.92. The van der Waals surface area contributed by atoms with Crippen LogP contribution in [0.4, 0.5) is 4.79 Å². The van der Waals surface area contributed by atoms with Crippen molar-refractivity contribution >= 4 is 12.1 Å². The maximum atomic E-state index is 11.8. The van der Waals surface area contributed by atoms with E-state index in [-0.39, 0.29) is 29.8 Å². The Morgan fingerprint density at radius 1 is 1.21 bits per heavy atom. The molecule has 1 amide bonds. The maximum absolute atomic E-state index is 11.8. The van der Waals surface area contributed by atoms with Crippen molar-refractivity contribution in [1.29, 1.82) is 0 Å². The van der Waals surface area contributed by atoms with Gasteiger partial charge in [-0.25, -0.2) is 4.79 Å². The van der Waals surface area contributed by atoms with Crippen LogP contribution in [0.25, 0.3) is 0 Å². The van der Waals surface area contributed by atoms with E-state index in [1.807, 2.05) is 26.8 Å². The molecule has 0 aliphatic heterocycles. The fraction of sp³-hybridized carbons (Fsp3) is 0.714. The highest BCUT2D eigenvalue weighted by Crippen LogP contribution is 2.44. The summed E-state index contributed by atoms with van der Waals surface area (Å²) >= 11 is 0. The number of fused-ring (bicyclic) bond motifs is 2. The Morgan fingerprint density at radius 2 is 1.84 bits per heavy atom. The summed E-state index contributed by atoms with van der Waals surface area (Å²) in [6.45, 7) is 5.43. The lowest BCUT2D eigenvalue weighted by Gasteiger charge is -2.28. The molecule has 0 saturated heterocycles. The highest BCUT2D eigenvalue weighted by atomic mass is 16.6. The average molecular weight is 267 g/mol. The van der Waals surface area contributed by atoms with Crippen molar-refractivity contribution in [2.45, 2.75) is 38.8 Å². The second-order valence-corrected chi connectivity index (χ2v) is 6.17. The summed E-state index contributed by atoms with van der Waals surface area (Å²) in [5.41, 5.74) is -0.543. The number of carbonyl (C=O) groups excluding carboxylic acids is 2. The van der Waals surface area contributed by atoms with Crippen LogP contribution in [0.2, 0.25) is 0 Å². The number of allylic oxidation sites excluding steroid dienone is 1. The summed E-state index contributed by atoms with van der Waals surface area (Å²) in [5, 5.41) is 2.82. The van der Waals surface area contributed by atoms with Gasteiger partial charge in [0.15, 0.2) is 0 Å². The molecule has 2 aliphatic carbocycles. The standard InChI is InChI=1S/C14H21NO4/c1-14(2,3)19-13(17)15-11-9-6-5-8(7-9)10(11)12(16)18-4/h5-6,8-11H,7H2,1-4H3,(H,15,17). The van der Waals surface area contributed by atoms with Gasteiger partial charge in [0.1, 0.15) is 5.60 Å². The van der Waals surface area contributed by atoms with E-state index in [0.717, 1.165) is 6.42 Å². The number of ether oxygens (including phenoxy) is 2. The maximum Gasteiger partial charge on any atom is 0.407 e. The summed E-state index contributed by atoms with van der Waals surface area (Å²) in [7, 11) is 1.38. The second-order valence-electron chi connectivity index (χ2n) is 6.17. The minimum absolute atomic E-state index is 0.164. The van der Waals surface area contributed by atoms with Crippen LogP contribution in [0.3, 0.4) is 0 Å². The second kappa shape index (κ2) is 4.87. The van der Waals surface area contributed by atoms with Crippen LogP contribution in [0.15, 0.2) is 12.2 Å². The Morgan fingerprint density at radius 3 is 2.42 bits per heavy atom. The quantitative estimate of drug-likeness (QED) is 0.613. The van der Waals surface area contributed by atoms with Gasteiger partial charge in [0.05, 0.1) is 19.1 Å². The SMILES string of the molecule is COC(=O)C1C2C=CC(C2)C1NC(=O)OC(C)(C)C. The van der Waals surface area contributed by atoms with Crippen molar-refractivity contribution in [2.24, 2.45) is 17.8 Å². The molecule has 2 rings (SSSR count). The van der Waals surface area contributed by atoms with Crippen molar-refractivity contribution in [2.75, 3.05) is 7.11 Å². The molecule has 0 radical (unpaired) electrons. The van der Waals surface area contributed by atoms with Crippen LogP contribution in [0, 0.1) is 17.8 Å². The number of nitrogens with one attached hydrogen (secondary N) is 1. The predicted octanol–water partition coefficient (Wildman–Crippen LogP) is 1.87. The van der Waals surface area contributed by atoms with E-state index in [1.54, 1.807) is 0 Å². The number of amides is 1. The summed E-state index contributed by atoms with van der Waals surface area (Å²) < 4.78 is 10.1. The zero-order valence-corrected chi connectivity index (χ0v) is 11.8. The fourth-order valence-electron chi connectivity index (χ4n) is 2.92. The number of methoxy groups -OCH3 is 1. The lowest BCUT2D eigenvalue weighted by Crippen LogP contribution is -2.47. The van der Waals surface area contributed by atoms with Gasteiger partial charge in [-0.2, -0.15) is 0 Å². The third kappa shape index (κ3) is 2.91. The number of rotatable bonds is 2. The number of carbonyl (C=O) groups is 2. The Kier molecular flexibility index (Phi) is 3.56. The van der Waals surface area contributed by atoms with Crippen LogP contribution >= 0.6 is 0 Å². The van der Waals surface area contributed by atoms with Crippen molar-refractivity contribution in [1.82, 2.24) is 5.32 Å². The van der Waals surface area contributed by atoms with Gasteiger partial charge in [0.2, 0.25) is 0 Å². The molecule has 106 valence electrons. The molecule has 0 aromatic carbocycles.